The van der Waals surface area contributed by atoms with Crippen molar-refractivity contribution in [1.82, 2.24) is 5.32 Å². The lowest BCUT2D eigenvalue weighted by Crippen LogP contribution is -2.21. The maximum Gasteiger partial charge on any atom is 0.218 e. The van der Waals surface area contributed by atoms with Crippen LogP contribution >= 0.6 is 0 Å². The predicted molar refractivity (Wildman–Crippen MR) is 66.3 cm³/mol. The maximum absolute atomic E-state index is 10.5. The van der Waals surface area contributed by atoms with Gasteiger partial charge in [-0.3, -0.25) is 4.79 Å². The Kier molecular flexibility index (Phi) is 4.79. The van der Waals surface area contributed by atoms with E-state index in [4.69, 9.17) is 5.73 Å². The molecule has 0 spiro atoms. The summed E-state index contributed by atoms with van der Waals surface area (Å²) in [7, 11) is 4.03. The monoisotopic (exact) mass is 221 g/mol. The van der Waals surface area contributed by atoms with E-state index >= 15 is 0 Å². The van der Waals surface area contributed by atoms with Gasteiger partial charge in [-0.2, -0.15) is 0 Å². The van der Waals surface area contributed by atoms with Crippen LogP contribution in [-0.4, -0.2) is 26.5 Å². The van der Waals surface area contributed by atoms with Gasteiger partial charge in [0.15, 0.2) is 0 Å². The van der Waals surface area contributed by atoms with Crippen molar-refractivity contribution < 1.29 is 4.79 Å². The molecule has 0 aliphatic heterocycles. The first-order valence-corrected chi connectivity index (χ1v) is 5.35. The van der Waals surface area contributed by atoms with E-state index in [0.29, 0.717) is 13.0 Å². The second-order valence-corrected chi connectivity index (χ2v) is 3.95. The molecule has 0 bridgehead atoms. The summed E-state index contributed by atoms with van der Waals surface area (Å²) < 4.78 is 0. The number of nitrogens with zero attached hydrogens (tertiary/aromatic N) is 1. The van der Waals surface area contributed by atoms with Gasteiger partial charge in [-0.15, -0.1) is 0 Å². The van der Waals surface area contributed by atoms with Crippen LogP contribution in [0.1, 0.15) is 12.0 Å². The van der Waals surface area contributed by atoms with Crippen LogP contribution in [0, 0.1) is 0 Å². The zero-order chi connectivity index (χ0) is 12.0. The minimum Gasteiger partial charge on any atom is -0.378 e. The Labute approximate surface area is 96.4 Å². The highest BCUT2D eigenvalue weighted by atomic mass is 16.1. The van der Waals surface area contributed by atoms with Crippen molar-refractivity contribution in [3.05, 3.63) is 29.8 Å². The minimum atomic E-state index is -0.268. The van der Waals surface area contributed by atoms with E-state index < -0.39 is 0 Å². The zero-order valence-electron chi connectivity index (χ0n) is 9.86. The third kappa shape index (κ3) is 4.31. The molecule has 0 aromatic heterocycles. The van der Waals surface area contributed by atoms with Crippen molar-refractivity contribution in [2.24, 2.45) is 5.73 Å². The van der Waals surface area contributed by atoms with Crippen LogP contribution in [0.25, 0.3) is 0 Å². The Bertz CT molecular complexity index is 333. The summed E-state index contributed by atoms with van der Waals surface area (Å²) in [6.07, 6.45) is 0.385. The number of carbonyl (C=O) groups is 1. The van der Waals surface area contributed by atoms with Crippen molar-refractivity contribution in [1.29, 1.82) is 0 Å². The van der Waals surface area contributed by atoms with E-state index in [9.17, 15) is 4.79 Å². The first-order chi connectivity index (χ1) is 7.59. The first kappa shape index (κ1) is 12.5. The number of benzene rings is 1. The number of primary amides is 1. The van der Waals surface area contributed by atoms with E-state index in [1.807, 2.05) is 14.1 Å². The fourth-order valence-electron chi connectivity index (χ4n) is 1.36. The Morgan fingerprint density at radius 2 is 1.94 bits per heavy atom. The van der Waals surface area contributed by atoms with E-state index in [1.165, 1.54) is 11.3 Å². The molecule has 1 amide bonds. The highest BCUT2D eigenvalue weighted by Crippen LogP contribution is 2.11. The van der Waals surface area contributed by atoms with Gasteiger partial charge in [-0.25, -0.2) is 0 Å². The molecule has 1 rings (SSSR count). The largest absolute Gasteiger partial charge is 0.378 e. The molecular weight excluding hydrogens is 202 g/mol. The average Bonchev–Trinajstić information content (AvgIpc) is 2.25. The number of amides is 1. The van der Waals surface area contributed by atoms with Crippen LogP contribution < -0.4 is 16.0 Å². The summed E-state index contributed by atoms with van der Waals surface area (Å²) >= 11 is 0. The Hall–Kier alpha value is -1.55. The van der Waals surface area contributed by atoms with Gasteiger partial charge in [0.2, 0.25) is 5.91 Å². The number of nitrogens with one attached hydrogen (secondary N) is 1. The summed E-state index contributed by atoms with van der Waals surface area (Å²) in [5.74, 6) is -0.268. The van der Waals surface area contributed by atoms with Crippen LogP contribution in [0.2, 0.25) is 0 Å². The topological polar surface area (TPSA) is 58.4 Å². The number of nitrogens with two attached hydrogens (primary N) is 1. The van der Waals surface area contributed by atoms with Crippen LogP contribution in [0.4, 0.5) is 5.69 Å². The fraction of sp³-hybridized carbons (Fsp3) is 0.417. The van der Waals surface area contributed by atoms with E-state index in [1.54, 1.807) is 0 Å². The molecule has 0 saturated heterocycles. The van der Waals surface area contributed by atoms with Crippen LogP contribution in [0.3, 0.4) is 0 Å². The van der Waals surface area contributed by atoms with Gasteiger partial charge < -0.3 is 16.0 Å². The molecule has 1 aromatic carbocycles. The number of hydrogen-bond donors (Lipinski definition) is 2. The highest BCUT2D eigenvalue weighted by molar-refractivity contribution is 5.73. The molecule has 0 atom stereocenters. The molecule has 88 valence electrons. The molecule has 3 N–H and O–H groups in total. The Morgan fingerprint density at radius 1 is 1.31 bits per heavy atom. The van der Waals surface area contributed by atoms with Gasteiger partial charge in [0.25, 0.3) is 0 Å². The van der Waals surface area contributed by atoms with Gasteiger partial charge in [0.05, 0.1) is 0 Å². The van der Waals surface area contributed by atoms with Crippen molar-refractivity contribution in [3.63, 3.8) is 0 Å². The lowest BCUT2D eigenvalue weighted by atomic mass is 10.2. The average molecular weight is 221 g/mol. The number of hydrogen-bond acceptors (Lipinski definition) is 3. The number of anilines is 1. The van der Waals surface area contributed by atoms with Crippen molar-refractivity contribution >= 4 is 11.6 Å². The third-order valence-electron chi connectivity index (χ3n) is 2.33. The summed E-state index contributed by atoms with van der Waals surface area (Å²) in [5.41, 5.74) is 7.43. The van der Waals surface area contributed by atoms with Gasteiger partial charge >= 0.3 is 0 Å². The molecule has 1 aromatic rings. The third-order valence-corrected chi connectivity index (χ3v) is 2.33. The van der Waals surface area contributed by atoms with Crippen LogP contribution in [-0.2, 0) is 11.3 Å². The van der Waals surface area contributed by atoms with Gasteiger partial charge in [0, 0.05) is 39.3 Å². The summed E-state index contributed by atoms with van der Waals surface area (Å²) in [6.45, 7) is 1.39. The molecule has 0 radical (unpaired) electrons. The highest BCUT2D eigenvalue weighted by Gasteiger charge is 1.97. The smallest absolute Gasteiger partial charge is 0.218 e. The van der Waals surface area contributed by atoms with Crippen LogP contribution in [0.5, 0.6) is 0 Å². The lowest BCUT2D eigenvalue weighted by Gasteiger charge is -2.12. The molecule has 0 aliphatic carbocycles. The second-order valence-electron chi connectivity index (χ2n) is 3.95. The molecule has 0 unspecified atom stereocenters. The molecule has 4 heteroatoms. The van der Waals surface area contributed by atoms with Gasteiger partial charge in [0.1, 0.15) is 0 Å². The Morgan fingerprint density at radius 3 is 2.44 bits per heavy atom. The number of carbonyl (C=O) groups excluding carboxylic acids is 1. The Balaban J connectivity index is 2.35. The minimum absolute atomic E-state index is 0.268. The SMILES string of the molecule is CN(C)c1ccc(CNCCC(N)=O)cc1. The van der Waals surface area contributed by atoms with Crippen molar-refractivity contribution in [2.45, 2.75) is 13.0 Å². The van der Waals surface area contributed by atoms with E-state index in [0.717, 1.165) is 6.54 Å². The van der Waals surface area contributed by atoms with Gasteiger partial charge in [-0.05, 0) is 17.7 Å². The number of rotatable bonds is 6. The standard InChI is InChI=1S/C12H19N3O/c1-15(2)11-5-3-10(4-6-11)9-14-8-7-12(13)16/h3-6,14H,7-9H2,1-2H3,(H2,13,16). The van der Waals surface area contributed by atoms with E-state index in [2.05, 4.69) is 34.5 Å². The van der Waals surface area contributed by atoms with E-state index in [-0.39, 0.29) is 5.91 Å². The molecule has 0 heterocycles. The van der Waals surface area contributed by atoms with Crippen LogP contribution in [0.15, 0.2) is 24.3 Å². The van der Waals surface area contributed by atoms with Crippen molar-refractivity contribution in [3.8, 4) is 0 Å². The first-order valence-electron chi connectivity index (χ1n) is 5.35. The van der Waals surface area contributed by atoms with Crippen molar-refractivity contribution in [2.75, 3.05) is 25.5 Å². The lowest BCUT2D eigenvalue weighted by molar-refractivity contribution is -0.117. The summed E-state index contributed by atoms with van der Waals surface area (Å²) in [5, 5.41) is 3.17. The normalized spacial score (nSPS) is 10.1. The molecule has 0 fully saturated rings. The molecule has 4 nitrogen and oxygen atoms in total. The molecular formula is C12H19N3O. The summed E-state index contributed by atoms with van der Waals surface area (Å²) in [4.78, 5) is 12.6. The summed E-state index contributed by atoms with van der Waals surface area (Å²) in [6, 6.07) is 8.30. The second kappa shape index (κ2) is 6.12. The molecule has 0 saturated carbocycles. The zero-order valence-corrected chi connectivity index (χ0v) is 9.86. The quantitative estimate of drug-likeness (QED) is 0.696. The molecule has 16 heavy (non-hydrogen) atoms. The molecule has 0 aliphatic rings. The van der Waals surface area contributed by atoms with Gasteiger partial charge in [-0.1, -0.05) is 12.1 Å². The predicted octanol–water partition coefficient (Wildman–Crippen LogP) is 0.718. The maximum atomic E-state index is 10.5. The fourth-order valence-corrected chi connectivity index (χ4v) is 1.36.